The largest absolute Gasteiger partial charge is 0.356 e. The fourth-order valence-electron chi connectivity index (χ4n) is 1.50. The van der Waals surface area contributed by atoms with Crippen LogP contribution in [0.4, 0.5) is 5.82 Å². The molecule has 0 saturated carbocycles. The van der Waals surface area contributed by atoms with Gasteiger partial charge in [0.2, 0.25) is 0 Å². The van der Waals surface area contributed by atoms with Gasteiger partial charge in [0.25, 0.3) is 0 Å². The molecule has 15 heavy (non-hydrogen) atoms. The summed E-state index contributed by atoms with van der Waals surface area (Å²) in [6, 6.07) is 1.97. The Morgan fingerprint density at radius 3 is 2.53 bits per heavy atom. The van der Waals surface area contributed by atoms with E-state index in [4.69, 9.17) is 0 Å². The zero-order valence-electron chi connectivity index (χ0n) is 9.79. The van der Waals surface area contributed by atoms with E-state index in [0.717, 1.165) is 29.3 Å². The van der Waals surface area contributed by atoms with Crippen LogP contribution in [0.25, 0.3) is 0 Å². The van der Waals surface area contributed by atoms with Crippen molar-refractivity contribution < 1.29 is 0 Å². The first kappa shape index (κ1) is 12.4. The molecule has 0 fully saturated rings. The molecule has 0 atom stereocenters. The van der Waals surface area contributed by atoms with E-state index in [1.807, 2.05) is 13.0 Å². The minimum Gasteiger partial charge on any atom is -0.356 e. The Balaban J connectivity index is 2.91. The molecule has 0 aliphatic rings. The third-order valence-corrected chi connectivity index (χ3v) is 2.49. The standard InChI is InChI=1S/C11H18BrN3/c1-5-15(7-8(2)3)11-6-10(12)13-9(4)14-11/h6,8H,5,7H2,1-4H3. The van der Waals surface area contributed by atoms with Crippen LogP contribution in [0, 0.1) is 12.8 Å². The molecule has 0 amide bonds. The van der Waals surface area contributed by atoms with Gasteiger partial charge in [-0.15, -0.1) is 0 Å². The molecular formula is C11H18BrN3. The van der Waals surface area contributed by atoms with Crippen molar-refractivity contribution in [2.24, 2.45) is 5.92 Å². The van der Waals surface area contributed by atoms with Crippen molar-refractivity contribution in [2.75, 3.05) is 18.0 Å². The van der Waals surface area contributed by atoms with Crippen molar-refractivity contribution in [3.05, 3.63) is 16.5 Å². The Bertz CT molecular complexity index is 305. The monoisotopic (exact) mass is 271 g/mol. The normalized spacial score (nSPS) is 10.8. The van der Waals surface area contributed by atoms with Crippen LogP contribution < -0.4 is 4.90 Å². The summed E-state index contributed by atoms with van der Waals surface area (Å²) in [4.78, 5) is 10.9. The molecule has 1 heterocycles. The van der Waals surface area contributed by atoms with Crippen molar-refractivity contribution in [2.45, 2.75) is 27.7 Å². The smallest absolute Gasteiger partial charge is 0.133 e. The topological polar surface area (TPSA) is 29.0 Å². The summed E-state index contributed by atoms with van der Waals surface area (Å²) >= 11 is 3.40. The molecule has 0 bridgehead atoms. The van der Waals surface area contributed by atoms with Crippen LogP contribution in [-0.4, -0.2) is 23.1 Å². The zero-order chi connectivity index (χ0) is 11.4. The van der Waals surface area contributed by atoms with Crippen LogP contribution in [0.1, 0.15) is 26.6 Å². The summed E-state index contributed by atoms with van der Waals surface area (Å²) in [5.41, 5.74) is 0. The van der Waals surface area contributed by atoms with Crippen molar-refractivity contribution in [1.82, 2.24) is 9.97 Å². The summed E-state index contributed by atoms with van der Waals surface area (Å²) in [5, 5.41) is 0. The van der Waals surface area contributed by atoms with E-state index < -0.39 is 0 Å². The van der Waals surface area contributed by atoms with Crippen LogP contribution in [0.2, 0.25) is 0 Å². The molecule has 1 aromatic rings. The average Bonchev–Trinajstić information content (AvgIpc) is 2.12. The van der Waals surface area contributed by atoms with Crippen molar-refractivity contribution in [3.8, 4) is 0 Å². The molecule has 0 aliphatic carbocycles. The van der Waals surface area contributed by atoms with Crippen LogP contribution in [-0.2, 0) is 0 Å². The molecule has 0 N–H and O–H groups in total. The summed E-state index contributed by atoms with van der Waals surface area (Å²) in [7, 11) is 0. The Labute approximate surface area is 100 Å². The first-order valence-electron chi connectivity index (χ1n) is 5.29. The predicted octanol–water partition coefficient (Wildman–Crippen LogP) is 3.03. The highest BCUT2D eigenvalue weighted by Gasteiger charge is 2.09. The van der Waals surface area contributed by atoms with E-state index in [0.29, 0.717) is 5.92 Å². The van der Waals surface area contributed by atoms with Gasteiger partial charge in [-0.3, -0.25) is 0 Å². The van der Waals surface area contributed by atoms with Gasteiger partial charge in [-0.05, 0) is 35.7 Å². The SMILES string of the molecule is CCN(CC(C)C)c1cc(Br)nc(C)n1. The number of hydrogen-bond donors (Lipinski definition) is 0. The maximum atomic E-state index is 4.44. The number of halogens is 1. The molecule has 0 saturated heterocycles. The summed E-state index contributed by atoms with van der Waals surface area (Å²) in [6.07, 6.45) is 0. The minimum atomic E-state index is 0.638. The van der Waals surface area contributed by atoms with Gasteiger partial charge in [0.1, 0.15) is 16.2 Å². The van der Waals surface area contributed by atoms with Crippen molar-refractivity contribution in [3.63, 3.8) is 0 Å². The third kappa shape index (κ3) is 3.78. The molecule has 0 aromatic carbocycles. The molecule has 0 radical (unpaired) electrons. The van der Waals surface area contributed by atoms with Crippen LogP contribution in [0.5, 0.6) is 0 Å². The van der Waals surface area contributed by atoms with Gasteiger partial charge < -0.3 is 4.90 Å². The van der Waals surface area contributed by atoms with E-state index >= 15 is 0 Å². The number of aryl methyl sites for hydroxylation is 1. The highest BCUT2D eigenvalue weighted by molar-refractivity contribution is 9.10. The number of hydrogen-bond acceptors (Lipinski definition) is 3. The van der Waals surface area contributed by atoms with E-state index in [2.05, 4.69) is 51.6 Å². The maximum absolute atomic E-state index is 4.44. The van der Waals surface area contributed by atoms with Gasteiger partial charge in [0, 0.05) is 19.2 Å². The maximum Gasteiger partial charge on any atom is 0.133 e. The summed E-state index contributed by atoms with van der Waals surface area (Å²) in [5.74, 6) is 2.45. The minimum absolute atomic E-state index is 0.638. The Morgan fingerprint density at radius 2 is 2.07 bits per heavy atom. The van der Waals surface area contributed by atoms with E-state index in [-0.39, 0.29) is 0 Å². The average molecular weight is 272 g/mol. The summed E-state index contributed by atoms with van der Waals surface area (Å²) < 4.78 is 0.854. The van der Waals surface area contributed by atoms with E-state index in [9.17, 15) is 0 Å². The molecule has 84 valence electrons. The number of nitrogens with zero attached hydrogens (tertiary/aromatic N) is 3. The predicted molar refractivity (Wildman–Crippen MR) is 67.2 cm³/mol. The number of anilines is 1. The van der Waals surface area contributed by atoms with Gasteiger partial charge in [-0.25, -0.2) is 9.97 Å². The molecule has 0 unspecified atom stereocenters. The Kier molecular flexibility index (Phi) is 4.51. The number of rotatable bonds is 4. The molecule has 4 heteroatoms. The lowest BCUT2D eigenvalue weighted by Gasteiger charge is -2.24. The molecule has 1 rings (SSSR count). The van der Waals surface area contributed by atoms with Crippen LogP contribution in [0.15, 0.2) is 10.7 Å². The lowest BCUT2D eigenvalue weighted by Crippen LogP contribution is -2.28. The van der Waals surface area contributed by atoms with Gasteiger partial charge >= 0.3 is 0 Å². The zero-order valence-corrected chi connectivity index (χ0v) is 11.4. The van der Waals surface area contributed by atoms with Crippen molar-refractivity contribution in [1.29, 1.82) is 0 Å². The second kappa shape index (κ2) is 5.45. The highest BCUT2D eigenvalue weighted by atomic mass is 79.9. The first-order valence-corrected chi connectivity index (χ1v) is 6.08. The van der Waals surface area contributed by atoms with Crippen LogP contribution in [0.3, 0.4) is 0 Å². The molecule has 0 spiro atoms. The van der Waals surface area contributed by atoms with E-state index in [1.165, 1.54) is 0 Å². The molecule has 1 aromatic heterocycles. The van der Waals surface area contributed by atoms with Crippen LogP contribution >= 0.6 is 15.9 Å². The van der Waals surface area contributed by atoms with Crippen molar-refractivity contribution >= 4 is 21.7 Å². The molecular weight excluding hydrogens is 254 g/mol. The lowest BCUT2D eigenvalue weighted by molar-refractivity contribution is 0.613. The fraction of sp³-hybridized carbons (Fsp3) is 0.636. The van der Waals surface area contributed by atoms with Gasteiger partial charge in [-0.1, -0.05) is 13.8 Å². The van der Waals surface area contributed by atoms with Gasteiger partial charge in [0.05, 0.1) is 0 Å². The summed E-state index contributed by atoms with van der Waals surface area (Å²) in [6.45, 7) is 10.5. The fourth-order valence-corrected chi connectivity index (χ4v) is 1.97. The van der Waals surface area contributed by atoms with Gasteiger partial charge in [-0.2, -0.15) is 0 Å². The van der Waals surface area contributed by atoms with Gasteiger partial charge in [0.15, 0.2) is 0 Å². The number of aromatic nitrogens is 2. The van der Waals surface area contributed by atoms with E-state index in [1.54, 1.807) is 0 Å². The Morgan fingerprint density at radius 1 is 1.40 bits per heavy atom. The quantitative estimate of drug-likeness (QED) is 0.789. The Hall–Kier alpha value is -0.640. The molecule has 3 nitrogen and oxygen atoms in total. The highest BCUT2D eigenvalue weighted by Crippen LogP contribution is 2.17. The second-order valence-electron chi connectivity index (χ2n) is 4.03. The first-order chi connectivity index (χ1) is 7.02. The third-order valence-electron chi connectivity index (χ3n) is 2.08. The lowest BCUT2D eigenvalue weighted by atomic mass is 10.2. The molecule has 0 aliphatic heterocycles. The second-order valence-corrected chi connectivity index (χ2v) is 4.84.